The second-order valence-electron chi connectivity index (χ2n) is 3.40. The molecule has 0 atom stereocenters. The van der Waals surface area contributed by atoms with Crippen LogP contribution in [0, 0.1) is 10.1 Å². The summed E-state index contributed by atoms with van der Waals surface area (Å²) in [5.74, 6) is -0.208. The number of nitro benzene ring substituents is 1. The fraction of sp³-hybridized carbons (Fsp3) is 0.333. The average molecular weight is 303 g/mol. The van der Waals surface area contributed by atoms with Crippen molar-refractivity contribution in [3.05, 3.63) is 28.3 Å². The van der Waals surface area contributed by atoms with Crippen molar-refractivity contribution in [2.75, 3.05) is 20.3 Å². The molecule has 0 heterocycles. The Morgan fingerprint density at radius 3 is 2.42 bits per heavy atom. The molecule has 0 N–H and O–H groups in total. The van der Waals surface area contributed by atoms with Gasteiger partial charge in [0, 0.05) is 7.11 Å². The van der Waals surface area contributed by atoms with Gasteiger partial charge in [0.1, 0.15) is 6.61 Å². The molecule has 1 aromatic carbocycles. The van der Waals surface area contributed by atoms with Crippen LogP contribution in [0.2, 0.25) is 0 Å². The predicted octanol–water partition coefficient (Wildman–Crippen LogP) is -1.32. The van der Waals surface area contributed by atoms with Crippen LogP contribution in [-0.2, 0) is 4.74 Å². The largest absolute Gasteiger partial charge is 1.00 e. The molecule has 0 aliphatic heterocycles. The summed E-state index contributed by atoms with van der Waals surface area (Å²) in [6.45, 7) is -5.07. The van der Waals surface area contributed by atoms with Crippen LogP contribution >= 0.6 is 0 Å². The number of rotatable bonds is 6. The van der Waals surface area contributed by atoms with Crippen LogP contribution in [0.3, 0.4) is 0 Å². The fourth-order valence-electron chi connectivity index (χ4n) is 1.24. The van der Waals surface area contributed by atoms with E-state index in [9.17, 15) is 23.1 Å². The van der Waals surface area contributed by atoms with Crippen molar-refractivity contribution in [2.24, 2.45) is 0 Å². The van der Waals surface area contributed by atoms with Crippen LogP contribution in [0.4, 0.5) is 18.6 Å². The van der Waals surface area contributed by atoms with Gasteiger partial charge in [-0.3, -0.25) is 10.1 Å². The number of nitro groups is 1. The summed E-state index contributed by atoms with van der Waals surface area (Å²) in [5, 5.41) is 10.7. The Hall–Kier alpha value is -0.129. The smallest absolute Gasteiger partial charge is 0.484 e. The van der Waals surface area contributed by atoms with Crippen molar-refractivity contribution in [2.45, 2.75) is 0 Å². The Balaban J connectivity index is 0.00000324. The Kier molecular flexibility index (Phi) is 8.17. The molecule has 0 aliphatic carbocycles. The molecule has 1 rings (SSSR count). The Morgan fingerprint density at radius 2 is 1.95 bits per heavy atom. The first-order valence-electron chi connectivity index (χ1n) is 4.96. The number of nitrogens with zero attached hydrogens (tertiary/aromatic N) is 1. The Bertz CT molecular complexity index is 444. The van der Waals surface area contributed by atoms with Gasteiger partial charge < -0.3 is 22.4 Å². The number of halogens is 3. The van der Waals surface area contributed by atoms with Crippen molar-refractivity contribution in [1.29, 1.82) is 0 Å². The molecule has 0 saturated heterocycles. The van der Waals surface area contributed by atoms with Gasteiger partial charge in [-0.1, -0.05) is 6.07 Å². The summed E-state index contributed by atoms with van der Waals surface area (Å²) in [6, 6.07) is 2.18. The zero-order valence-electron chi connectivity index (χ0n) is 10.4. The molecule has 0 aliphatic rings. The first-order chi connectivity index (χ1) is 8.36. The van der Waals surface area contributed by atoms with Gasteiger partial charge in [-0.05, 0) is 12.1 Å². The molecule has 0 radical (unpaired) electrons. The van der Waals surface area contributed by atoms with Crippen molar-refractivity contribution in [3.63, 3.8) is 0 Å². The van der Waals surface area contributed by atoms with Gasteiger partial charge in [-0.2, -0.15) is 0 Å². The summed E-state index contributed by atoms with van der Waals surface area (Å²) >= 11 is 0. The van der Waals surface area contributed by atoms with Crippen LogP contribution in [0.25, 0.3) is 0 Å². The molecule has 5 nitrogen and oxygen atoms in total. The molecule has 1 aromatic rings. The van der Waals surface area contributed by atoms with Gasteiger partial charge in [0.2, 0.25) is 0 Å². The molecular weight excluding hydrogens is 293 g/mol. The normalized spacial score (nSPS) is 10.7. The molecule has 10 heteroatoms. The molecule has 0 bridgehead atoms. The van der Waals surface area contributed by atoms with Crippen LogP contribution in [-0.4, -0.2) is 32.2 Å². The Morgan fingerprint density at radius 1 is 1.32 bits per heavy atom. The van der Waals surface area contributed by atoms with Crippen molar-refractivity contribution >= 4 is 18.1 Å². The zero-order chi connectivity index (χ0) is 13.8. The van der Waals surface area contributed by atoms with Crippen molar-refractivity contribution < 1.29 is 78.7 Å². The molecule has 0 amide bonds. The third kappa shape index (κ3) is 5.80. The first-order valence-corrected chi connectivity index (χ1v) is 4.96. The Labute approximate surface area is 150 Å². The van der Waals surface area contributed by atoms with Gasteiger partial charge in [0.15, 0.2) is 5.75 Å². The van der Waals surface area contributed by atoms with Crippen LogP contribution < -0.4 is 61.6 Å². The maximum Gasteiger partial charge on any atom is 1.00 e. The van der Waals surface area contributed by atoms with E-state index >= 15 is 0 Å². The minimum Gasteiger partial charge on any atom is -0.484 e. The van der Waals surface area contributed by atoms with Crippen LogP contribution in [0.1, 0.15) is 0 Å². The standard InChI is InChI=1S/C9H10BF3NO4.K/c1-17-4-5-18-9-3-2-7(10(11,12)13)6-8(9)14(15)16;/h2-3,6H,4-5H2,1H3;/q-1;+1. The maximum atomic E-state index is 12.4. The quantitative estimate of drug-likeness (QED) is 0.283. The number of hydrogen-bond donors (Lipinski definition) is 0. The average Bonchev–Trinajstić information content (AvgIpc) is 2.28. The molecule has 0 aromatic heterocycles. The van der Waals surface area contributed by atoms with E-state index < -0.39 is 23.1 Å². The predicted molar refractivity (Wildman–Crippen MR) is 59.2 cm³/mol. The summed E-state index contributed by atoms with van der Waals surface area (Å²) in [5.41, 5.74) is -1.73. The third-order valence-corrected chi connectivity index (χ3v) is 2.10. The van der Waals surface area contributed by atoms with Crippen molar-refractivity contribution in [1.82, 2.24) is 0 Å². The van der Waals surface area contributed by atoms with E-state index in [1.807, 2.05) is 0 Å². The van der Waals surface area contributed by atoms with Gasteiger partial charge in [0.05, 0.1) is 11.5 Å². The van der Waals surface area contributed by atoms with Gasteiger partial charge in [-0.25, -0.2) is 0 Å². The maximum absolute atomic E-state index is 12.4. The second kappa shape index (κ2) is 8.22. The summed E-state index contributed by atoms with van der Waals surface area (Å²) in [7, 11) is 1.41. The third-order valence-electron chi connectivity index (χ3n) is 2.10. The van der Waals surface area contributed by atoms with Crippen LogP contribution in [0.5, 0.6) is 5.75 Å². The van der Waals surface area contributed by atoms with E-state index in [4.69, 9.17) is 4.74 Å². The molecular formula is C9H10BF3KNO4. The monoisotopic (exact) mass is 303 g/mol. The van der Waals surface area contributed by atoms with E-state index in [1.54, 1.807) is 0 Å². The number of ether oxygens (including phenoxy) is 2. The topological polar surface area (TPSA) is 61.6 Å². The van der Waals surface area contributed by atoms with E-state index in [-0.39, 0.29) is 70.3 Å². The fourth-order valence-corrected chi connectivity index (χ4v) is 1.24. The van der Waals surface area contributed by atoms with E-state index in [1.165, 1.54) is 7.11 Å². The number of benzene rings is 1. The molecule has 100 valence electrons. The molecule has 19 heavy (non-hydrogen) atoms. The molecule has 0 spiro atoms. The molecule has 0 saturated carbocycles. The zero-order valence-corrected chi connectivity index (χ0v) is 13.6. The molecule has 0 unspecified atom stereocenters. The van der Waals surface area contributed by atoms with Gasteiger partial charge in [-0.15, -0.1) is 5.46 Å². The molecule has 0 fully saturated rings. The van der Waals surface area contributed by atoms with E-state index in [2.05, 4.69) is 4.74 Å². The summed E-state index contributed by atoms with van der Waals surface area (Å²) < 4.78 is 47.0. The van der Waals surface area contributed by atoms with Crippen LogP contribution in [0.15, 0.2) is 18.2 Å². The second-order valence-corrected chi connectivity index (χ2v) is 3.40. The number of hydrogen-bond acceptors (Lipinski definition) is 4. The minimum atomic E-state index is -5.27. The summed E-state index contributed by atoms with van der Waals surface area (Å²) in [6.07, 6.45) is 0. The SMILES string of the molecule is COCCOc1ccc([B-](F)(F)F)cc1[N+](=O)[O-].[K+]. The number of methoxy groups -OCH3 is 1. The minimum absolute atomic E-state index is 0. The van der Waals surface area contributed by atoms with Gasteiger partial charge in [0.25, 0.3) is 0 Å². The summed E-state index contributed by atoms with van der Waals surface area (Å²) in [4.78, 5) is 9.76. The van der Waals surface area contributed by atoms with Gasteiger partial charge >= 0.3 is 64.0 Å². The van der Waals surface area contributed by atoms with Crippen molar-refractivity contribution in [3.8, 4) is 5.75 Å². The van der Waals surface area contributed by atoms with E-state index in [0.29, 0.717) is 6.07 Å². The van der Waals surface area contributed by atoms with E-state index in [0.717, 1.165) is 12.1 Å². The first kappa shape index (κ1) is 18.9.